The van der Waals surface area contributed by atoms with Gasteiger partial charge in [-0.25, -0.2) is 4.79 Å². The molecule has 0 radical (unpaired) electrons. The zero-order chi connectivity index (χ0) is 21.4. The number of carbonyl (C=O) groups excluding carboxylic acids is 2. The van der Waals surface area contributed by atoms with Crippen molar-refractivity contribution in [3.05, 3.63) is 77.0 Å². The van der Waals surface area contributed by atoms with Crippen LogP contribution in [0, 0.1) is 5.92 Å². The van der Waals surface area contributed by atoms with E-state index >= 15 is 0 Å². The molecule has 2 aromatic carbocycles. The third-order valence-corrected chi connectivity index (χ3v) is 6.66. The highest BCUT2D eigenvalue weighted by Crippen LogP contribution is 2.47. The van der Waals surface area contributed by atoms with Crippen LogP contribution in [0.2, 0.25) is 0 Å². The molecule has 7 nitrogen and oxygen atoms in total. The van der Waals surface area contributed by atoms with Crippen molar-refractivity contribution in [3.8, 4) is 5.75 Å². The summed E-state index contributed by atoms with van der Waals surface area (Å²) in [5, 5.41) is 18.0. The van der Waals surface area contributed by atoms with Crippen LogP contribution in [0.5, 0.6) is 5.75 Å². The molecule has 0 spiro atoms. The fourth-order valence-electron chi connectivity index (χ4n) is 3.82. The number of carbonyl (C=O) groups is 3. The van der Waals surface area contributed by atoms with Gasteiger partial charge in [0.2, 0.25) is 5.91 Å². The molecular weight excluding hydrogens is 404 g/mol. The van der Waals surface area contributed by atoms with E-state index in [1.54, 1.807) is 12.1 Å². The number of carboxylic acids is 1. The number of amides is 1. The minimum atomic E-state index is -1.24. The molecule has 4 rings (SSSR count). The highest BCUT2D eigenvalue weighted by Gasteiger charge is 2.57. The van der Waals surface area contributed by atoms with Crippen molar-refractivity contribution in [2.45, 2.75) is 23.6 Å². The molecule has 8 heteroatoms. The lowest BCUT2D eigenvalue weighted by Crippen LogP contribution is -2.65. The average molecular weight is 424 g/mol. The monoisotopic (exact) mass is 424 g/mol. The number of thioether (sulfide) groups is 1. The van der Waals surface area contributed by atoms with Gasteiger partial charge in [0.05, 0.1) is 5.37 Å². The van der Waals surface area contributed by atoms with Gasteiger partial charge in [0.1, 0.15) is 22.7 Å². The lowest BCUT2D eigenvalue weighted by molar-refractivity contribution is -0.156. The number of hydrogen-bond donors (Lipinski definition) is 3. The maximum atomic E-state index is 12.8. The van der Waals surface area contributed by atoms with Crippen LogP contribution in [0.1, 0.15) is 11.1 Å². The summed E-state index contributed by atoms with van der Waals surface area (Å²) in [7, 11) is 0. The van der Waals surface area contributed by atoms with Crippen molar-refractivity contribution in [1.29, 1.82) is 0 Å². The molecule has 0 bridgehead atoms. The van der Waals surface area contributed by atoms with E-state index in [4.69, 9.17) is 5.73 Å². The van der Waals surface area contributed by atoms with E-state index in [1.807, 2.05) is 30.3 Å². The third kappa shape index (κ3) is 3.59. The number of hydrogen-bond acceptors (Lipinski definition) is 6. The van der Waals surface area contributed by atoms with Crippen LogP contribution < -0.4 is 5.73 Å². The molecule has 154 valence electrons. The second-order valence-electron chi connectivity index (χ2n) is 7.28. The van der Waals surface area contributed by atoms with Gasteiger partial charge < -0.3 is 15.9 Å². The Morgan fingerprint density at radius 3 is 2.33 bits per heavy atom. The Kier molecular flexibility index (Phi) is 5.36. The number of aromatic hydroxyl groups is 1. The summed E-state index contributed by atoms with van der Waals surface area (Å²) in [6, 6.07) is 15.5. The maximum Gasteiger partial charge on any atom is 0.352 e. The van der Waals surface area contributed by atoms with Gasteiger partial charge in [-0.2, -0.15) is 0 Å². The summed E-state index contributed by atoms with van der Waals surface area (Å²) in [6.45, 7) is 0. The average Bonchev–Trinajstić information content (AvgIpc) is 2.71. The second-order valence-corrected chi connectivity index (χ2v) is 8.55. The number of rotatable bonds is 6. The summed E-state index contributed by atoms with van der Waals surface area (Å²) in [4.78, 5) is 38.8. The molecule has 30 heavy (non-hydrogen) atoms. The Morgan fingerprint density at radius 2 is 1.70 bits per heavy atom. The predicted molar refractivity (Wildman–Crippen MR) is 111 cm³/mol. The largest absolute Gasteiger partial charge is 0.508 e. The lowest BCUT2D eigenvalue weighted by atomic mass is 9.87. The van der Waals surface area contributed by atoms with Crippen LogP contribution in [-0.4, -0.2) is 43.5 Å². The number of phenolic OH excluding ortho intramolecular Hbond substituents is 1. The fraction of sp³-hybridized carbons (Fsp3) is 0.227. The Morgan fingerprint density at radius 1 is 1.03 bits per heavy atom. The number of nitrogens with two attached hydrogens (primary N) is 1. The summed E-state index contributed by atoms with van der Waals surface area (Å²) in [5.41, 5.74) is 8.11. The number of ketones is 1. The molecule has 0 aliphatic carbocycles. The van der Waals surface area contributed by atoms with Crippen LogP contribution in [0.15, 0.2) is 65.9 Å². The molecule has 2 aliphatic heterocycles. The van der Waals surface area contributed by atoms with Gasteiger partial charge in [0.25, 0.3) is 0 Å². The number of phenols is 1. The molecule has 4 N–H and O–H groups in total. The molecule has 2 heterocycles. The first-order valence-corrected chi connectivity index (χ1v) is 10.4. The Bertz CT molecular complexity index is 1040. The molecule has 1 fully saturated rings. The van der Waals surface area contributed by atoms with E-state index in [2.05, 4.69) is 0 Å². The third-order valence-electron chi connectivity index (χ3n) is 5.32. The number of aliphatic carboxylic acids is 1. The van der Waals surface area contributed by atoms with E-state index in [1.165, 1.54) is 28.8 Å². The van der Waals surface area contributed by atoms with E-state index in [-0.39, 0.29) is 30.1 Å². The number of nitrogens with zero attached hydrogens (tertiary/aromatic N) is 1. The highest BCUT2D eigenvalue weighted by molar-refractivity contribution is 8.00. The zero-order valence-electron chi connectivity index (χ0n) is 15.9. The normalized spacial score (nSPS) is 23.0. The molecule has 0 saturated carbocycles. The molecule has 1 saturated heterocycles. The Labute approximate surface area is 177 Å². The standard InChI is InChI=1S/C22H20N2O5S/c23-19-15(10-13-6-8-14(25)9-7-13)18(22(28)29)24-20(27)17(21(24)30-19)16(26)11-12-4-2-1-3-5-12/h1-9,17,19,21,25H,10-11,23H2,(H,28,29)/t17-,19?,21-/m1/s1. The Hall–Kier alpha value is -3.10. The molecular formula is C22H20N2O5S. The number of fused-ring (bicyclic) bond motifs is 1. The van der Waals surface area contributed by atoms with Gasteiger partial charge >= 0.3 is 5.97 Å². The molecule has 1 amide bonds. The predicted octanol–water partition coefficient (Wildman–Crippen LogP) is 1.90. The number of benzene rings is 2. The number of carboxylic acid groups (broad SMARTS) is 1. The van der Waals surface area contributed by atoms with Crippen molar-refractivity contribution in [3.63, 3.8) is 0 Å². The molecule has 2 aliphatic rings. The Balaban J connectivity index is 1.60. The number of β-lactam (4-membered cyclic amide) rings is 1. The second kappa shape index (κ2) is 7.97. The van der Waals surface area contributed by atoms with Crippen LogP contribution in [0.3, 0.4) is 0 Å². The van der Waals surface area contributed by atoms with Gasteiger partial charge in [-0.05, 0) is 35.3 Å². The van der Waals surface area contributed by atoms with E-state index in [0.29, 0.717) is 5.57 Å². The van der Waals surface area contributed by atoms with E-state index in [9.17, 15) is 24.6 Å². The van der Waals surface area contributed by atoms with Crippen LogP contribution >= 0.6 is 11.8 Å². The van der Waals surface area contributed by atoms with E-state index < -0.39 is 28.5 Å². The first-order valence-electron chi connectivity index (χ1n) is 9.42. The summed E-state index contributed by atoms with van der Waals surface area (Å²) in [6.07, 6.45) is 0.346. The molecule has 0 aromatic heterocycles. The fourth-order valence-corrected chi connectivity index (χ4v) is 5.24. The van der Waals surface area contributed by atoms with Crippen molar-refractivity contribution < 1.29 is 24.6 Å². The van der Waals surface area contributed by atoms with Crippen molar-refractivity contribution in [2.24, 2.45) is 11.7 Å². The number of Topliss-reactive ketones (excluding diaryl/α,β-unsaturated/α-hetero) is 1. The van der Waals surface area contributed by atoms with Gasteiger partial charge in [-0.15, -0.1) is 11.8 Å². The SMILES string of the molecule is NC1S[C@@H]2[C@H](C(=O)Cc3ccccc3)C(=O)N2C(C(=O)O)=C1Cc1ccc(O)cc1. The van der Waals surface area contributed by atoms with Crippen LogP contribution in [0.25, 0.3) is 0 Å². The maximum absolute atomic E-state index is 12.8. The highest BCUT2D eigenvalue weighted by atomic mass is 32.2. The summed E-state index contributed by atoms with van der Waals surface area (Å²) in [5.74, 6) is -2.77. The zero-order valence-corrected chi connectivity index (χ0v) is 16.7. The first-order chi connectivity index (χ1) is 14.4. The molecule has 1 unspecified atom stereocenters. The van der Waals surface area contributed by atoms with Crippen LogP contribution in [-0.2, 0) is 27.2 Å². The van der Waals surface area contributed by atoms with Gasteiger partial charge in [0, 0.05) is 6.42 Å². The van der Waals surface area contributed by atoms with Gasteiger partial charge in [-0.1, -0.05) is 42.5 Å². The molecule has 2 aromatic rings. The topological polar surface area (TPSA) is 121 Å². The van der Waals surface area contributed by atoms with Crippen molar-refractivity contribution >= 4 is 29.4 Å². The van der Waals surface area contributed by atoms with Crippen LogP contribution in [0.4, 0.5) is 0 Å². The van der Waals surface area contributed by atoms with Crippen molar-refractivity contribution in [1.82, 2.24) is 4.90 Å². The lowest BCUT2D eigenvalue weighted by Gasteiger charge is -2.50. The molecule has 3 atom stereocenters. The van der Waals surface area contributed by atoms with Gasteiger partial charge in [-0.3, -0.25) is 14.5 Å². The minimum absolute atomic E-state index is 0.103. The smallest absolute Gasteiger partial charge is 0.352 e. The summed E-state index contributed by atoms with van der Waals surface area (Å²) >= 11 is 1.23. The minimum Gasteiger partial charge on any atom is -0.508 e. The van der Waals surface area contributed by atoms with Crippen molar-refractivity contribution in [2.75, 3.05) is 0 Å². The first kappa shape index (κ1) is 20.2. The quantitative estimate of drug-likeness (QED) is 0.478. The van der Waals surface area contributed by atoms with Gasteiger partial charge in [0.15, 0.2) is 5.78 Å². The summed E-state index contributed by atoms with van der Waals surface area (Å²) < 4.78 is 0. The van der Waals surface area contributed by atoms with E-state index in [0.717, 1.165) is 11.1 Å².